The highest BCUT2D eigenvalue weighted by molar-refractivity contribution is 14.1. The highest BCUT2D eigenvalue weighted by Crippen LogP contribution is 2.35. The molecule has 0 aliphatic carbocycles. The Morgan fingerprint density at radius 2 is 1.87 bits per heavy atom. The fraction of sp³-hybridized carbons (Fsp3) is 0.448. The number of aryl methyl sites for hydroxylation is 1. The lowest BCUT2D eigenvalue weighted by atomic mass is 10.0. The largest absolute Gasteiger partial charge is 0.358 e. The lowest BCUT2D eigenvalue weighted by Crippen LogP contribution is -2.47. The highest BCUT2D eigenvalue weighted by atomic mass is 127. The molecule has 202 valence electrons. The summed E-state index contributed by atoms with van der Waals surface area (Å²) in [7, 11) is -1.30. The van der Waals surface area contributed by atoms with E-state index in [2.05, 4.69) is 79.1 Å². The molecule has 0 bridgehead atoms. The van der Waals surface area contributed by atoms with Crippen molar-refractivity contribution in [2.24, 2.45) is 0 Å². The number of halogens is 1. The lowest BCUT2D eigenvalue weighted by molar-refractivity contribution is -0.110. The number of rotatable bonds is 7. The number of H-pyrrole nitrogens is 1. The summed E-state index contributed by atoms with van der Waals surface area (Å²) in [5.74, 6) is 3.18. The first-order valence-electron chi connectivity index (χ1n) is 13.3. The standard InChI is InChI=1S/C29H38IN5O2Si/c1-20-26(19-24-23-18-22(30)8-9-25(23)33-28(24)36)32-21(2)27(20)29(37)31-10-6-11-34-13-15-35(16-14-34)12-7-17-38(3,4)5/h8-9,18-19,32H,6,10-16H2,1-5H3,(H,31,37)(H,33,36)/b24-19-. The summed E-state index contributed by atoms with van der Waals surface area (Å²) in [4.78, 5) is 33.9. The fourth-order valence-corrected chi connectivity index (χ4v) is 5.99. The minimum atomic E-state index is -1.30. The van der Waals surface area contributed by atoms with Crippen LogP contribution in [-0.2, 0) is 4.79 Å². The molecule has 2 aromatic rings. The predicted octanol–water partition coefficient (Wildman–Crippen LogP) is 4.35. The van der Waals surface area contributed by atoms with Crippen molar-refractivity contribution in [1.82, 2.24) is 20.1 Å². The van der Waals surface area contributed by atoms with E-state index < -0.39 is 8.07 Å². The number of fused-ring (bicyclic) bond motifs is 1. The van der Waals surface area contributed by atoms with Crippen LogP contribution in [0.3, 0.4) is 0 Å². The van der Waals surface area contributed by atoms with Crippen molar-refractivity contribution in [3.63, 3.8) is 0 Å². The summed E-state index contributed by atoms with van der Waals surface area (Å²) < 4.78 is 1.07. The fourth-order valence-electron chi connectivity index (χ4n) is 4.89. The van der Waals surface area contributed by atoms with Crippen LogP contribution in [0.25, 0.3) is 11.6 Å². The van der Waals surface area contributed by atoms with Crippen LogP contribution < -0.4 is 10.6 Å². The van der Waals surface area contributed by atoms with Gasteiger partial charge < -0.3 is 20.5 Å². The summed E-state index contributed by atoms with van der Waals surface area (Å²) in [6.07, 6.45) is 2.77. The number of hydrogen-bond donors (Lipinski definition) is 3. The molecule has 0 radical (unpaired) electrons. The van der Waals surface area contributed by atoms with Gasteiger partial charge in [0.2, 0.25) is 0 Å². The molecule has 2 aliphatic rings. The van der Waals surface area contributed by atoms with Gasteiger partial charge in [0.05, 0.1) is 17.7 Å². The Morgan fingerprint density at radius 1 is 1.16 bits per heavy atom. The van der Waals surface area contributed by atoms with E-state index in [0.29, 0.717) is 17.7 Å². The first kappa shape index (κ1) is 28.6. The highest BCUT2D eigenvalue weighted by Gasteiger charge is 2.26. The number of carbonyl (C=O) groups is 2. The molecule has 3 N–H and O–H groups in total. The zero-order valence-corrected chi connectivity index (χ0v) is 26.2. The SMILES string of the molecule is Cc1[nH]c(/C=C2\C(=O)Nc3ccc(I)cc32)c(C)c1C(=O)NCCCN1CCN(CC#C[Si](C)(C)C)CC1. The van der Waals surface area contributed by atoms with Crippen LogP contribution in [0.2, 0.25) is 19.6 Å². The number of aromatic nitrogens is 1. The van der Waals surface area contributed by atoms with Crippen molar-refractivity contribution < 1.29 is 9.59 Å². The average Bonchev–Trinajstić information content (AvgIpc) is 3.31. The van der Waals surface area contributed by atoms with Crippen LogP contribution >= 0.6 is 22.6 Å². The Hall–Kier alpha value is -2.39. The molecule has 2 amide bonds. The van der Waals surface area contributed by atoms with E-state index in [-0.39, 0.29) is 11.8 Å². The van der Waals surface area contributed by atoms with Crippen LogP contribution in [0.4, 0.5) is 5.69 Å². The molecule has 1 fully saturated rings. The van der Waals surface area contributed by atoms with Crippen LogP contribution in [-0.4, -0.2) is 80.5 Å². The average molecular weight is 644 g/mol. The topological polar surface area (TPSA) is 80.5 Å². The second kappa shape index (κ2) is 12.2. The lowest BCUT2D eigenvalue weighted by Gasteiger charge is -2.33. The molecule has 1 saturated heterocycles. The van der Waals surface area contributed by atoms with E-state index in [1.54, 1.807) is 0 Å². The van der Waals surface area contributed by atoms with Gasteiger partial charge in [-0.1, -0.05) is 25.6 Å². The molecule has 7 nitrogen and oxygen atoms in total. The first-order chi connectivity index (χ1) is 18.0. The quantitative estimate of drug-likeness (QED) is 0.138. The molecular formula is C29H38IN5O2Si. The number of piperazine rings is 1. The molecule has 4 rings (SSSR count). The van der Waals surface area contributed by atoms with Crippen LogP contribution in [0.15, 0.2) is 18.2 Å². The summed E-state index contributed by atoms with van der Waals surface area (Å²) in [5, 5.41) is 6.02. The van der Waals surface area contributed by atoms with Gasteiger partial charge in [-0.3, -0.25) is 14.5 Å². The Balaban J connectivity index is 1.28. The third-order valence-electron chi connectivity index (χ3n) is 6.92. The zero-order valence-electron chi connectivity index (χ0n) is 23.1. The van der Waals surface area contributed by atoms with Gasteiger partial charge in [0.1, 0.15) is 8.07 Å². The molecule has 0 spiro atoms. The number of nitrogens with zero attached hydrogens (tertiary/aromatic N) is 2. The Morgan fingerprint density at radius 3 is 2.58 bits per heavy atom. The van der Waals surface area contributed by atoms with Crippen molar-refractivity contribution in [3.05, 3.63) is 49.8 Å². The number of anilines is 1. The maximum atomic E-state index is 13.0. The van der Waals surface area contributed by atoms with Gasteiger partial charge >= 0.3 is 0 Å². The molecule has 3 heterocycles. The second-order valence-electron chi connectivity index (χ2n) is 11.1. The minimum Gasteiger partial charge on any atom is -0.358 e. The number of carbonyl (C=O) groups excluding carboxylic acids is 2. The van der Waals surface area contributed by atoms with E-state index in [1.165, 1.54) is 0 Å². The van der Waals surface area contributed by atoms with Gasteiger partial charge in [-0.25, -0.2) is 0 Å². The van der Waals surface area contributed by atoms with E-state index >= 15 is 0 Å². The molecular weight excluding hydrogens is 605 g/mol. The van der Waals surface area contributed by atoms with Gasteiger partial charge in [0.25, 0.3) is 11.8 Å². The van der Waals surface area contributed by atoms with Gasteiger partial charge in [0.15, 0.2) is 0 Å². The second-order valence-corrected chi connectivity index (χ2v) is 17.1. The Kier molecular flexibility index (Phi) is 9.18. The van der Waals surface area contributed by atoms with Gasteiger partial charge in [-0.2, -0.15) is 0 Å². The zero-order chi connectivity index (χ0) is 27.4. The third kappa shape index (κ3) is 7.17. The summed E-state index contributed by atoms with van der Waals surface area (Å²) in [6, 6.07) is 5.90. The number of benzene rings is 1. The maximum Gasteiger partial charge on any atom is 0.256 e. The third-order valence-corrected chi connectivity index (χ3v) is 8.52. The van der Waals surface area contributed by atoms with Crippen molar-refractivity contribution in [3.8, 4) is 11.5 Å². The smallest absolute Gasteiger partial charge is 0.256 e. The van der Waals surface area contributed by atoms with E-state index in [1.807, 2.05) is 38.1 Å². The molecule has 9 heteroatoms. The molecule has 0 saturated carbocycles. The van der Waals surface area contributed by atoms with Crippen molar-refractivity contribution >= 4 is 59.8 Å². The summed E-state index contributed by atoms with van der Waals surface area (Å²) >= 11 is 2.25. The van der Waals surface area contributed by atoms with Gasteiger partial charge in [-0.15, -0.1) is 5.54 Å². The van der Waals surface area contributed by atoms with Crippen molar-refractivity contribution in [1.29, 1.82) is 0 Å². The molecule has 38 heavy (non-hydrogen) atoms. The predicted molar refractivity (Wildman–Crippen MR) is 167 cm³/mol. The molecule has 1 aromatic heterocycles. The van der Waals surface area contributed by atoms with Crippen molar-refractivity contribution in [2.45, 2.75) is 39.9 Å². The number of amides is 2. The normalized spacial score (nSPS) is 17.2. The van der Waals surface area contributed by atoms with E-state index in [0.717, 1.165) is 77.5 Å². The van der Waals surface area contributed by atoms with E-state index in [9.17, 15) is 9.59 Å². The summed E-state index contributed by atoms with van der Waals surface area (Å²) in [6.45, 7) is 17.4. The van der Waals surface area contributed by atoms with Crippen LogP contribution in [0.1, 0.15) is 39.3 Å². The molecule has 0 atom stereocenters. The van der Waals surface area contributed by atoms with Gasteiger partial charge in [0, 0.05) is 58.9 Å². The first-order valence-corrected chi connectivity index (χ1v) is 17.8. The molecule has 1 aromatic carbocycles. The van der Waals surface area contributed by atoms with Crippen LogP contribution in [0.5, 0.6) is 0 Å². The summed E-state index contributed by atoms with van der Waals surface area (Å²) in [5.41, 5.74) is 8.88. The van der Waals surface area contributed by atoms with E-state index in [4.69, 9.17) is 0 Å². The number of aromatic amines is 1. The van der Waals surface area contributed by atoms with Gasteiger partial charge in [-0.05, 0) is 79.2 Å². The van der Waals surface area contributed by atoms with Crippen molar-refractivity contribution in [2.75, 3.05) is 51.1 Å². The monoisotopic (exact) mass is 643 g/mol. The minimum absolute atomic E-state index is 0.0717. The molecule has 0 unspecified atom stereocenters. The Labute approximate surface area is 241 Å². The maximum absolute atomic E-state index is 13.0. The Bertz CT molecular complexity index is 1310. The van der Waals surface area contributed by atoms with Crippen LogP contribution in [0, 0.1) is 28.9 Å². The number of nitrogens with one attached hydrogen (secondary N) is 3. The molecule has 2 aliphatic heterocycles. The number of hydrogen-bond acceptors (Lipinski definition) is 4.